The predicted molar refractivity (Wildman–Crippen MR) is 28.3 cm³/mol. The lowest BCUT2D eigenvalue weighted by atomic mass is 10.4. The second-order valence-corrected chi connectivity index (χ2v) is 1.58. The van der Waals surface area contributed by atoms with E-state index in [9.17, 15) is 14.7 Å². The Bertz CT molecular complexity index is 208. The van der Waals surface area contributed by atoms with Crippen molar-refractivity contribution in [2.24, 2.45) is 0 Å². The number of hydrogen-bond acceptors (Lipinski definition) is 3. The van der Waals surface area contributed by atoms with Gasteiger partial charge in [-0.15, -0.1) is 0 Å². The smallest absolute Gasteiger partial charge is 0.404 e. The van der Waals surface area contributed by atoms with Crippen molar-refractivity contribution in [1.29, 1.82) is 0 Å². The number of amides is 2. The maximum absolute atomic E-state index is 10.5. The van der Waals surface area contributed by atoms with Crippen molar-refractivity contribution < 1.29 is 19.4 Å². The van der Waals surface area contributed by atoms with Gasteiger partial charge in [0.1, 0.15) is 6.61 Å². The highest BCUT2D eigenvalue weighted by Crippen LogP contribution is 2.04. The molecule has 10 heavy (non-hydrogen) atoms. The normalized spacial score (nSPS) is 21.1. The Morgan fingerprint density at radius 1 is 1.50 bits per heavy atom. The molecule has 0 bridgehead atoms. The van der Waals surface area contributed by atoms with Crippen LogP contribution in [0.5, 0.6) is 0 Å². The van der Waals surface area contributed by atoms with Crippen molar-refractivity contribution in [3.63, 3.8) is 0 Å². The van der Waals surface area contributed by atoms with Crippen LogP contribution in [0, 0.1) is 0 Å². The van der Waals surface area contributed by atoms with E-state index >= 15 is 0 Å². The van der Waals surface area contributed by atoms with Crippen molar-refractivity contribution in [3.05, 3.63) is 11.8 Å². The zero-order valence-corrected chi connectivity index (χ0v) is 4.92. The van der Waals surface area contributed by atoms with Gasteiger partial charge in [0.2, 0.25) is 0 Å². The molecule has 1 rings (SSSR count). The Hall–Kier alpha value is -1.36. The zero-order chi connectivity index (χ0) is 7.56. The van der Waals surface area contributed by atoms with Gasteiger partial charge in [0.05, 0.1) is 0 Å². The van der Waals surface area contributed by atoms with Crippen LogP contribution in [-0.4, -0.2) is 18.6 Å². The second kappa shape index (κ2) is 2.49. The van der Waals surface area contributed by atoms with Crippen LogP contribution < -0.4 is 5.32 Å². The minimum absolute atomic E-state index is 0.208. The first-order valence-corrected chi connectivity index (χ1v) is 2.55. The Labute approximate surface area is 56.3 Å². The molecule has 5 heteroatoms. The molecule has 1 heterocycles. The molecule has 5 nitrogen and oxygen atoms in total. The standard InChI is InChI=1S/C5H4NO4/c7-2-1-3-4(8)6-5(9)10-3/h1H,2H2,(H,6,8,9). The van der Waals surface area contributed by atoms with E-state index in [1.807, 2.05) is 5.32 Å². The molecule has 1 aliphatic rings. The molecule has 0 aromatic carbocycles. The van der Waals surface area contributed by atoms with E-state index in [4.69, 9.17) is 0 Å². The molecule has 1 fully saturated rings. The van der Waals surface area contributed by atoms with E-state index in [1.54, 1.807) is 0 Å². The van der Waals surface area contributed by atoms with Crippen LogP contribution in [0.1, 0.15) is 0 Å². The van der Waals surface area contributed by atoms with Gasteiger partial charge in [0.25, 0.3) is 5.91 Å². The molecule has 0 aromatic heterocycles. The molecule has 53 valence electrons. The van der Waals surface area contributed by atoms with E-state index in [2.05, 4.69) is 4.74 Å². The molecular weight excluding hydrogens is 138 g/mol. The summed E-state index contributed by atoms with van der Waals surface area (Å²) < 4.78 is 4.28. The summed E-state index contributed by atoms with van der Waals surface area (Å²) in [4.78, 5) is 20.8. The number of carbonyl (C=O) groups excluding carboxylic acids is 2. The first-order valence-electron chi connectivity index (χ1n) is 2.55. The van der Waals surface area contributed by atoms with Gasteiger partial charge in [0.15, 0.2) is 5.76 Å². The van der Waals surface area contributed by atoms with Crippen molar-refractivity contribution in [2.45, 2.75) is 0 Å². The summed E-state index contributed by atoms with van der Waals surface area (Å²) in [5.74, 6) is -0.860. The SMILES string of the molecule is [O]CC=C1OC(=O)NC1=O. The number of rotatable bonds is 1. The number of nitrogens with one attached hydrogen (secondary N) is 1. The van der Waals surface area contributed by atoms with E-state index in [1.165, 1.54) is 0 Å². The molecule has 0 saturated carbocycles. The molecule has 2 amide bonds. The van der Waals surface area contributed by atoms with Crippen molar-refractivity contribution in [2.75, 3.05) is 6.61 Å². The molecule has 1 saturated heterocycles. The average molecular weight is 142 g/mol. The Balaban J connectivity index is 2.72. The van der Waals surface area contributed by atoms with Crippen LogP contribution in [0.3, 0.4) is 0 Å². The van der Waals surface area contributed by atoms with Gasteiger partial charge in [-0.3, -0.25) is 10.1 Å². The third-order valence-electron chi connectivity index (χ3n) is 0.911. The molecule has 0 aliphatic carbocycles. The monoisotopic (exact) mass is 142 g/mol. The Morgan fingerprint density at radius 2 is 2.20 bits per heavy atom. The van der Waals surface area contributed by atoms with E-state index in [0.717, 1.165) is 6.08 Å². The number of alkyl carbamates (subject to hydrolysis) is 1. The Kier molecular flexibility index (Phi) is 1.68. The van der Waals surface area contributed by atoms with Crippen molar-refractivity contribution >= 4 is 12.0 Å². The molecule has 0 aromatic rings. The molecule has 0 spiro atoms. The molecule has 1 aliphatic heterocycles. The molecule has 1 N–H and O–H groups in total. The molecular formula is C5H4NO4. The maximum Gasteiger partial charge on any atom is 0.419 e. The number of hydrogen-bond donors (Lipinski definition) is 1. The fourth-order valence-corrected chi connectivity index (χ4v) is 0.536. The largest absolute Gasteiger partial charge is 0.419 e. The Morgan fingerprint density at radius 3 is 2.60 bits per heavy atom. The number of carbonyl (C=O) groups is 2. The summed E-state index contributed by atoms with van der Waals surface area (Å²) in [6.45, 7) is -0.573. The number of ether oxygens (including phenoxy) is 1. The second-order valence-electron chi connectivity index (χ2n) is 1.58. The first kappa shape index (κ1) is 6.76. The summed E-state index contributed by atoms with van der Waals surface area (Å²) >= 11 is 0. The summed E-state index contributed by atoms with van der Waals surface area (Å²) in [5.41, 5.74) is 0. The number of imide groups is 1. The first-order chi connectivity index (χ1) is 4.74. The van der Waals surface area contributed by atoms with Crippen LogP contribution in [0.15, 0.2) is 11.8 Å². The van der Waals surface area contributed by atoms with E-state index in [-0.39, 0.29) is 5.76 Å². The fraction of sp³-hybridized carbons (Fsp3) is 0.200. The van der Waals surface area contributed by atoms with Gasteiger partial charge < -0.3 is 4.74 Å². The third-order valence-corrected chi connectivity index (χ3v) is 0.911. The van der Waals surface area contributed by atoms with Gasteiger partial charge in [-0.1, -0.05) is 0 Å². The molecule has 0 atom stereocenters. The summed E-state index contributed by atoms with van der Waals surface area (Å²) in [5, 5.41) is 11.7. The van der Waals surface area contributed by atoms with Crippen molar-refractivity contribution in [1.82, 2.24) is 5.32 Å². The quantitative estimate of drug-likeness (QED) is 0.504. The third kappa shape index (κ3) is 1.14. The topological polar surface area (TPSA) is 75.3 Å². The molecule has 0 unspecified atom stereocenters. The van der Waals surface area contributed by atoms with Gasteiger partial charge in [-0.2, -0.15) is 0 Å². The van der Waals surface area contributed by atoms with Gasteiger partial charge in [0, 0.05) is 0 Å². The summed E-state index contributed by atoms with van der Waals surface area (Å²) in [6.07, 6.45) is 0.171. The zero-order valence-electron chi connectivity index (χ0n) is 4.92. The average Bonchev–Trinajstić information content (AvgIpc) is 2.13. The van der Waals surface area contributed by atoms with Crippen LogP contribution in [0.4, 0.5) is 4.79 Å². The minimum Gasteiger partial charge on any atom is -0.404 e. The maximum atomic E-state index is 10.5. The lowest BCUT2D eigenvalue weighted by Gasteiger charge is -1.86. The lowest BCUT2D eigenvalue weighted by Crippen LogP contribution is -2.18. The van der Waals surface area contributed by atoms with Crippen LogP contribution in [0.2, 0.25) is 0 Å². The summed E-state index contributed by atoms with van der Waals surface area (Å²) in [6, 6.07) is 0. The van der Waals surface area contributed by atoms with Gasteiger partial charge in [-0.25, -0.2) is 9.90 Å². The predicted octanol–water partition coefficient (Wildman–Crippen LogP) is -0.433. The molecule has 1 radical (unpaired) electrons. The fourth-order valence-electron chi connectivity index (χ4n) is 0.536. The van der Waals surface area contributed by atoms with E-state index < -0.39 is 18.6 Å². The highest BCUT2D eigenvalue weighted by molar-refractivity contribution is 6.07. The van der Waals surface area contributed by atoms with Crippen LogP contribution in [-0.2, 0) is 14.6 Å². The van der Waals surface area contributed by atoms with Crippen LogP contribution in [0.25, 0.3) is 0 Å². The van der Waals surface area contributed by atoms with Gasteiger partial charge in [-0.05, 0) is 6.08 Å². The highest BCUT2D eigenvalue weighted by Gasteiger charge is 2.25. The highest BCUT2D eigenvalue weighted by atomic mass is 16.6. The van der Waals surface area contributed by atoms with Crippen LogP contribution >= 0.6 is 0 Å². The van der Waals surface area contributed by atoms with E-state index in [0.29, 0.717) is 0 Å². The van der Waals surface area contributed by atoms with Crippen molar-refractivity contribution in [3.8, 4) is 0 Å². The number of cyclic esters (lactones) is 1. The lowest BCUT2D eigenvalue weighted by molar-refractivity contribution is -0.116. The summed E-state index contributed by atoms with van der Waals surface area (Å²) in [7, 11) is 0. The minimum atomic E-state index is -0.829. The van der Waals surface area contributed by atoms with Gasteiger partial charge >= 0.3 is 6.09 Å².